The van der Waals surface area contributed by atoms with Crippen molar-refractivity contribution in [2.45, 2.75) is 58.0 Å². The van der Waals surface area contributed by atoms with Gasteiger partial charge in [0.25, 0.3) is 0 Å². The van der Waals surface area contributed by atoms with Crippen LogP contribution in [0.4, 0.5) is 0 Å². The summed E-state index contributed by atoms with van der Waals surface area (Å²) in [6, 6.07) is 0.266. The van der Waals surface area contributed by atoms with E-state index in [-0.39, 0.29) is 6.04 Å². The maximum absolute atomic E-state index is 6.25. The van der Waals surface area contributed by atoms with Crippen molar-refractivity contribution < 1.29 is 0 Å². The van der Waals surface area contributed by atoms with Crippen LogP contribution in [0.15, 0.2) is 6.33 Å². The van der Waals surface area contributed by atoms with Gasteiger partial charge in [0.2, 0.25) is 0 Å². The van der Waals surface area contributed by atoms with Crippen molar-refractivity contribution in [2.24, 2.45) is 11.7 Å². The predicted octanol–water partition coefficient (Wildman–Crippen LogP) is 1.75. The Labute approximate surface area is 97.2 Å². The Morgan fingerprint density at radius 2 is 2.25 bits per heavy atom. The molecule has 4 heteroatoms. The molecule has 1 aromatic heterocycles. The molecule has 0 bridgehead atoms. The molecule has 16 heavy (non-hydrogen) atoms. The highest BCUT2D eigenvalue weighted by Gasteiger charge is 2.23. The van der Waals surface area contributed by atoms with Crippen LogP contribution in [0.2, 0.25) is 0 Å². The minimum atomic E-state index is 0.266. The number of hydrogen-bond acceptors (Lipinski definition) is 3. The summed E-state index contributed by atoms with van der Waals surface area (Å²) in [4.78, 5) is 4.32. The van der Waals surface area contributed by atoms with Gasteiger partial charge in [0.15, 0.2) is 0 Å². The number of nitrogens with zero attached hydrogens (tertiary/aromatic N) is 3. The van der Waals surface area contributed by atoms with Gasteiger partial charge in [0, 0.05) is 19.0 Å². The molecule has 1 unspecified atom stereocenters. The Morgan fingerprint density at radius 1 is 1.50 bits per heavy atom. The smallest absolute Gasteiger partial charge is 0.138 e. The van der Waals surface area contributed by atoms with Crippen LogP contribution in [0.5, 0.6) is 0 Å². The van der Waals surface area contributed by atoms with E-state index in [1.54, 1.807) is 6.33 Å². The number of nitrogens with two attached hydrogens (primary N) is 1. The van der Waals surface area contributed by atoms with E-state index in [4.69, 9.17) is 5.73 Å². The third-order valence-electron chi connectivity index (χ3n) is 3.55. The van der Waals surface area contributed by atoms with Crippen molar-refractivity contribution in [1.29, 1.82) is 0 Å². The minimum Gasteiger partial charge on any atom is -0.327 e. The second-order valence-corrected chi connectivity index (χ2v) is 4.81. The van der Waals surface area contributed by atoms with Crippen LogP contribution >= 0.6 is 0 Å². The fourth-order valence-electron chi connectivity index (χ4n) is 2.61. The second kappa shape index (κ2) is 5.43. The molecule has 2 rings (SSSR count). The van der Waals surface area contributed by atoms with Crippen molar-refractivity contribution in [3.63, 3.8) is 0 Å². The molecule has 1 fully saturated rings. The zero-order valence-electron chi connectivity index (χ0n) is 10.1. The summed E-state index contributed by atoms with van der Waals surface area (Å²) in [5, 5.41) is 4.24. The summed E-state index contributed by atoms with van der Waals surface area (Å²) in [5.41, 5.74) is 6.25. The average molecular weight is 222 g/mol. The van der Waals surface area contributed by atoms with Crippen molar-refractivity contribution in [1.82, 2.24) is 14.8 Å². The molecule has 1 aliphatic rings. The summed E-state index contributed by atoms with van der Waals surface area (Å²) in [6.07, 6.45) is 8.90. The second-order valence-electron chi connectivity index (χ2n) is 4.81. The van der Waals surface area contributed by atoms with Crippen molar-refractivity contribution in [3.05, 3.63) is 12.2 Å². The van der Waals surface area contributed by atoms with Gasteiger partial charge in [-0.1, -0.05) is 19.8 Å². The lowest BCUT2D eigenvalue weighted by atomic mass is 9.96. The fourth-order valence-corrected chi connectivity index (χ4v) is 2.61. The molecular formula is C12H22N4. The Morgan fingerprint density at radius 3 is 2.94 bits per heavy atom. The molecule has 4 nitrogen and oxygen atoms in total. The van der Waals surface area contributed by atoms with Crippen LogP contribution < -0.4 is 5.73 Å². The SMILES string of the molecule is CCCn1ncnc1CC(N)C1CCCC1. The lowest BCUT2D eigenvalue weighted by Gasteiger charge is -2.18. The summed E-state index contributed by atoms with van der Waals surface area (Å²) in [5.74, 6) is 1.76. The Balaban J connectivity index is 1.94. The first-order valence-electron chi connectivity index (χ1n) is 6.43. The Hall–Kier alpha value is -0.900. The number of aromatic nitrogens is 3. The summed E-state index contributed by atoms with van der Waals surface area (Å²) >= 11 is 0. The number of aryl methyl sites for hydroxylation is 1. The zero-order valence-corrected chi connectivity index (χ0v) is 10.1. The Kier molecular flexibility index (Phi) is 3.93. The first kappa shape index (κ1) is 11.6. The normalized spacial score (nSPS) is 19.1. The van der Waals surface area contributed by atoms with E-state index in [0.717, 1.165) is 25.2 Å². The van der Waals surface area contributed by atoms with Gasteiger partial charge in [0.05, 0.1) is 0 Å². The van der Waals surface area contributed by atoms with Gasteiger partial charge in [-0.25, -0.2) is 4.98 Å². The van der Waals surface area contributed by atoms with Crippen LogP contribution in [0.25, 0.3) is 0 Å². The first-order valence-corrected chi connectivity index (χ1v) is 6.43. The standard InChI is InChI=1S/C12H22N4/c1-2-7-16-12(14-9-15-16)8-11(13)10-5-3-4-6-10/h9-11H,2-8,13H2,1H3. The van der Waals surface area contributed by atoms with Gasteiger partial charge in [-0.15, -0.1) is 0 Å². The molecule has 1 heterocycles. The van der Waals surface area contributed by atoms with Crippen molar-refractivity contribution in [2.75, 3.05) is 0 Å². The van der Waals surface area contributed by atoms with E-state index in [9.17, 15) is 0 Å². The van der Waals surface area contributed by atoms with E-state index in [0.29, 0.717) is 5.92 Å². The number of rotatable bonds is 5. The van der Waals surface area contributed by atoms with E-state index in [2.05, 4.69) is 17.0 Å². The molecule has 90 valence electrons. The molecular weight excluding hydrogens is 200 g/mol. The van der Waals surface area contributed by atoms with E-state index in [1.807, 2.05) is 4.68 Å². The quantitative estimate of drug-likeness (QED) is 0.825. The van der Waals surface area contributed by atoms with E-state index < -0.39 is 0 Å². The van der Waals surface area contributed by atoms with Gasteiger partial charge < -0.3 is 5.73 Å². The first-order chi connectivity index (χ1) is 7.81. The molecule has 1 aliphatic carbocycles. The van der Waals surface area contributed by atoms with Crippen LogP contribution in [-0.4, -0.2) is 20.8 Å². The van der Waals surface area contributed by atoms with Crippen LogP contribution in [-0.2, 0) is 13.0 Å². The molecule has 0 saturated heterocycles. The highest BCUT2D eigenvalue weighted by Crippen LogP contribution is 2.27. The van der Waals surface area contributed by atoms with Crippen molar-refractivity contribution >= 4 is 0 Å². The maximum atomic E-state index is 6.25. The maximum Gasteiger partial charge on any atom is 0.138 e. The predicted molar refractivity (Wildman–Crippen MR) is 64.0 cm³/mol. The number of hydrogen-bond donors (Lipinski definition) is 1. The monoisotopic (exact) mass is 222 g/mol. The van der Waals surface area contributed by atoms with Gasteiger partial charge in [-0.2, -0.15) is 5.10 Å². The topological polar surface area (TPSA) is 56.7 Å². The molecule has 0 aromatic carbocycles. The lowest BCUT2D eigenvalue weighted by Crippen LogP contribution is -2.32. The zero-order chi connectivity index (χ0) is 11.4. The molecule has 1 atom stereocenters. The minimum absolute atomic E-state index is 0.266. The van der Waals surface area contributed by atoms with Crippen molar-refractivity contribution in [3.8, 4) is 0 Å². The summed E-state index contributed by atoms with van der Waals surface area (Å²) in [6.45, 7) is 3.11. The highest BCUT2D eigenvalue weighted by molar-refractivity contribution is 4.92. The van der Waals surface area contributed by atoms with Crippen LogP contribution in [0, 0.1) is 5.92 Å². The molecule has 2 N–H and O–H groups in total. The highest BCUT2D eigenvalue weighted by atomic mass is 15.3. The van der Waals surface area contributed by atoms with Crippen LogP contribution in [0.3, 0.4) is 0 Å². The molecule has 0 spiro atoms. The molecule has 1 aromatic rings. The van der Waals surface area contributed by atoms with Gasteiger partial charge in [0.1, 0.15) is 12.2 Å². The largest absolute Gasteiger partial charge is 0.327 e. The van der Waals surface area contributed by atoms with Gasteiger partial charge in [-0.05, 0) is 25.2 Å². The summed E-state index contributed by atoms with van der Waals surface area (Å²) < 4.78 is 1.99. The Bertz CT molecular complexity index is 315. The molecule has 1 saturated carbocycles. The van der Waals surface area contributed by atoms with E-state index >= 15 is 0 Å². The van der Waals surface area contributed by atoms with Crippen LogP contribution in [0.1, 0.15) is 44.9 Å². The molecule has 0 amide bonds. The average Bonchev–Trinajstić information content (AvgIpc) is 2.90. The third-order valence-corrected chi connectivity index (χ3v) is 3.55. The molecule has 0 aliphatic heterocycles. The third kappa shape index (κ3) is 2.61. The van der Waals surface area contributed by atoms with Gasteiger partial charge >= 0.3 is 0 Å². The molecule has 0 radical (unpaired) electrons. The summed E-state index contributed by atoms with van der Waals surface area (Å²) in [7, 11) is 0. The fraction of sp³-hybridized carbons (Fsp3) is 0.833. The lowest BCUT2D eigenvalue weighted by molar-refractivity contribution is 0.413. The van der Waals surface area contributed by atoms with Gasteiger partial charge in [-0.3, -0.25) is 4.68 Å². The van der Waals surface area contributed by atoms with E-state index in [1.165, 1.54) is 25.7 Å².